The summed E-state index contributed by atoms with van der Waals surface area (Å²) in [4.78, 5) is 0. The van der Waals surface area contributed by atoms with E-state index >= 15 is 0 Å². The Balaban J connectivity index is 2.65. The Morgan fingerprint density at radius 3 is 1.48 bits per heavy atom. The Labute approximate surface area is 165 Å². The van der Waals surface area contributed by atoms with Crippen molar-refractivity contribution in [2.75, 3.05) is 6.61 Å². The number of hydrogen-bond donors (Lipinski definition) is 0. The molecule has 0 spiro atoms. The average molecular weight is 521 g/mol. The van der Waals surface area contributed by atoms with Crippen LogP contribution in [-0.2, 0) is 4.43 Å². The van der Waals surface area contributed by atoms with Crippen molar-refractivity contribution in [3.8, 4) is 0 Å². The second-order valence-electron chi connectivity index (χ2n) is 6.57. The number of hydrogen-bond acceptors (Lipinski definition) is 1. The maximum Gasteiger partial charge on any atom is 0.261 e. The molecule has 2 rings (SSSR count). The van der Waals surface area contributed by atoms with Crippen LogP contribution in [0.4, 0.5) is 0 Å². The van der Waals surface area contributed by atoms with Gasteiger partial charge in [0.1, 0.15) is 0 Å². The largest absolute Gasteiger partial charge is 0.404 e. The second-order valence-corrected chi connectivity index (χ2v) is 18.1. The Morgan fingerprint density at radius 2 is 1.17 bits per heavy atom. The van der Waals surface area contributed by atoms with Gasteiger partial charge in [-0.15, -0.1) is 0 Å². The summed E-state index contributed by atoms with van der Waals surface area (Å²) in [6, 6.07) is 21.3. The molecule has 0 saturated heterocycles. The summed E-state index contributed by atoms with van der Waals surface area (Å²) in [7, 11) is -2.45. The molecular weight excluding hydrogens is 500 g/mol. The molecule has 0 atom stereocenters. The summed E-state index contributed by atoms with van der Waals surface area (Å²) in [5.74, 6) is 0. The fraction of sp³-hybridized carbons (Fsp3) is 0.333. The molecule has 0 aliphatic carbocycles. The number of alkyl halides is 3. The van der Waals surface area contributed by atoms with Crippen LogP contribution in [0.1, 0.15) is 20.8 Å². The van der Waals surface area contributed by atoms with Crippen molar-refractivity contribution in [3.63, 3.8) is 0 Å². The molecule has 0 radical (unpaired) electrons. The van der Waals surface area contributed by atoms with Gasteiger partial charge in [0, 0.05) is 0 Å². The molecule has 0 unspecified atom stereocenters. The second kappa shape index (κ2) is 7.52. The van der Waals surface area contributed by atoms with E-state index in [2.05, 4.69) is 129 Å². The van der Waals surface area contributed by atoms with Crippen molar-refractivity contribution in [3.05, 3.63) is 60.7 Å². The van der Waals surface area contributed by atoms with Gasteiger partial charge in [-0.2, -0.15) is 0 Å². The van der Waals surface area contributed by atoms with E-state index in [0.29, 0.717) is 6.61 Å². The lowest BCUT2D eigenvalue weighted by molar-refractivity contribution is 0.314. The molecule has 0 aliphatic heterocycles. The summed E-state index contributed by atoms with van der Waals surface area (Å²) >= 11 is 10.7. The normalized spacial score (nSPS) is 13.1. The highest BCUT2D eigenvalue weighted by Gasteiger charge is 2.50. The minimum atomic E-state index is -2.45. The predicted octanol–water partition coefficient (Wildman–Crippen LogP) is 5.40. The molecule has 2 aromatic carbocycles. The molecule has 5 heteroatoms. The standard InChI is InChI=1S/C18H21Br3OSi/c1-17(2,3)23(22-14-18(19,20)21,15-10-6-4-7-11-15)16-12-8-5-9-13-16/h4-13H,14H2,1-3H3. The van der Waals surface area contributed by atoms with Crippen LogP contribution in [0.5, 0.6) is 0 Å². The number of benzene rings is 2. The van der Waals surface area contributed by atoms with E-state index in [0.717, 1.165) is 0 Å². The highest BCUT2D eigenvalue weighted by molar-refractivity contribution is 9.39. The van der Waals surface area contributed by atoms with Crippen molar-refractivity contribution in [1.29, 1.82) is 0 Å². The van der Waals surface area contributed by atoms with E-state index in [4.69, 9.17) is 4.43 Å². The van der Waals surface area contributed by atoms with E-state index in [1.54, 1.807) is 0 Å². The van der Waals surface area contributed by atoms with Crippen LogP contribution >= 0.6 is 47.8 Å². The first kappa shape index (κ1) is 19.4. The Bertz CT molecular complexity index is 579. The Hall–Kier alpha value is 0.0569. The van der Waals surface area contributed by atoms with Gasteiger partial charge in [-0.3, -0.25) is 0 Å². The van der Waals surface area contributed by atoms with E-state index in [-0.39, 0.29) is 5.04 Å². The fourth-order valence-electron chi connectivity index (χ4n) is 2.95. The van der Waals surface area contributed by atoms with Gasteiger partial charge in [-0.05, 0) is 15.4 Å². The monoisotopic (exact) mass is 518 g/mol. The maximum atomic E-state index is 6.73. The van der Waals surface area contributed by atoms with Crippen molar-refractivity contribution in [2.45, 2.75) is 28.0 Å². The van der Waals surface area contributed by atoms with E-state index in [1.807, 2.05) is 0 Å². The molecule has 0 heterocycles. The lowest BCUT2D eigenvalue weighted by Crippen LogP contribution is -2.67. The minimum absolute atomic E-state index is 0.00600. The van der Waals surface area contributed by atoms with Crippen LogP contribution in [0.3, 0.4) is 0 Å². The van der Waals surface area contributed by atoms with Crippen LogP contribution < -0.4 is 10.4 Å². The van der Waals surface area contributed by atoms with E-state index in [1.165, 1.54) is 10.4 Å². The van der Waals surface area contributed by atoms with Crippen molar-refractivity contribution in [1.82, 2.24) is 0 Å². The van der Waals surface area contributed by atoms with Gasteiger partial charge in [0.25, 0.3) is 8.32 Å². The zero-order chi connectivity index (χ0) is 17.1. The average Bonchev–Trinajstić information content (AvgIpc) is 2.47. The lowest BCUT2D eigenvalue weighted by Gasteiger charge is -2.43. The molecule has 0 saturated carbocycles. The van der Waals surface area contributed by atoms with E-state index in [9.17, 15) is 0 Å². The first-order valence-electron chi connectivity index (χ1n) is 7.48. The van der Waals surface area contributed by atoms with Gasteiger partial charge in [-0.1, -0.05) is 129 Å². The zero-order valence-corrected chi connectivity index (χ0v) is 19.3. The van der Waals surface area contributed by atoms with Gasteiger partial charge < -0.3 is 4.43 Å². The lowest BCUT2D eigenvalue weighted by atomic mass is 10.2. The molecule has 0 amide bonds. The van der Waals surface area contributed by atoms with Crippen molar-refractivity contribution >= 4 is 66.5 Å². The van der Waals surface area contributed by atoms with E-state index < -0.39 is 10.5 Å². The van der Waals surface area contributed by atoms with Crippen molar-refractivity contribution < 1.29 is 4.43 Å². The number of halogens is 3. The van der Waals surface area contributed by atoms with Crippen LogP contribution in [-0.4, -0.2) is 17.1 Å². The number of rotatable bonds is 4. The van der Waals surface area contributed by atoms with Gasteiger partial charge in [-0.25, -0.2) is 0 Å². The summed E-state index contributed by atoms with van der Waals surface area (Å²) in [6.45, 7) is 7.34. The third-order valence-electron chi connectivity index (χ3n) is 3.87. The smallest absolute Gasteiger partial charge is 0.261 e. The molecule has 0 aromatic heterocycles. The third kappa shape index (κ3) is 4.57. The molecule has 23 heavy (non-hydrogen) atoms. The molecule has 2 aromatic rings. The predicted molar refractivity (Wildman–Crippen MR) is 113 cm³/mol. The van der Waals surface area contributed by atoms with Crippen LogP contribution in [0.25, 0.3) is 0 Å². The topological polar surface area (TPSA) is 9.23 Å². The summed E-state index contributed by atoms with van der Waals surface area (Å²) in [5, 5.41) is 2.57. The van der Waals surface area contributed by atoms with Crippen LogP contribution in [0.15, 0.2) is 60.7 Å². The van der Waals surface area contributed by atoms with Crippen LogP contribution in [0, 0.1) is 0 Å². The van der Waals surface area contributed by atoms with Gasteiger partial charge in [0.05, 0.1) is 6.61 Å². The quantitative estimate of drug-likeness (QED) is 0.387. The summed E-state index contributed by atoms with van der Waals surface area (Å²) in [6.07, 6.45) is 0. The summed E-state index contributed by atoms with van der Waals surface area (Å²) in [5.41, 5.74) is 0. The molecule has 0 fully saturated rings. The van der Waals surface area contributed by atoms with Crippen LogP contribution in [0.2, 0.25) is 5.04 Å². The fourth-order valence-corrected chi connectivity index (χ4v) is 8.52. The minimum Gasteiger partial charge on any atom is -0.404 e. The molecule has 1 nitrogen and oxygen atoms in total. The summed E-state index contributed by atoms with van der Waals surface area (Å²) < 4.78 is 6.31. The molecule has 0 bridgehead atoms. The van der Waals surface area contributed by atoms with Gasteiger partial charge >= 0.3 is 0 Å². The Morgan fingerprint density at radius 1 is 0.783 bits per heavy atom. The molecule has 0 N–H and O–H groups in total. The third-order valence-corrected chi connectivity index (χ3v) is 9.54. The zero-order valence-electron chi connectivity index (χ0n) is 13.5. The first-order chi connectivity index (χ1) is 10.7. The maximum absolute atomic E-state index is 6.73. The van der Waals surface area contributed by atoms with Gasteiger partial charge in [0.2, 0.25) is 0 Å². The highest BCUT2D eigenvalue weighted by atomic mass is 80.0. The van der Waals surface area contributed by atoms with Crippen molar-refractivity contribution in [2.24, 2.45) is 0 Å². The molecular formula is C18H21Br3OSi. The first-order valence-corrected chi connectivity index (χ1v) is 11.8. The molecule has 124 valence electrons. The highest BCUT2D eigenvalue weighted by Crippen LogP contribution is 2.40. The SMILES string of the molecule is CC(C)(C)[Si](OCC(Br)(Br)Br)(c1ccccc1)c1ccccc1. The van der Waals surface area contributed by atoms with Gasteiger partial charge in [0.15, 0.2) is 2.14 Å². The molecule has 0 aliphatic rings. The Kier molecular flexibility index (Phi) is 6.34.